The van der Waals surface area contributed by atoms with Gasteiger partial charge in [0.05, 0.1) is 5.56 Å². The van der Waals surface area contributed by atoms with E-state index in [1.165, 1.54) is 11.0 Å². The molecule has 6 nitrogen and oxygen atoms in total. The molecule has 4 aliphatic rings. The Morgan fingerprint density at radius 2 is 1.97 bits per heavy atom. The van der Waals surface area contributed by atoms with Gasteiger partial charge < -0.3 is 9.64 Å². The molecule has 4 heterocycles. The molecule has 1 spiro atoms. The molecule has 3 saturated heterocycles. The maximum atomic E-state index is 12.8. The van der Waals surface area contributed by atoms with E-state index >= 15 is 0 Å². The standard InChI is InChI=1S/C21H26F3N3O3/c1-19(2,3)30-18(29)26-11-14-4-6-15(26)8-20(14)9-17(28)27(12-20)16-7-5-13(10-25-16)21(22,23)24/h5,7,10,14-15H,4,6,8-9,11-12H2,1-3H3/t14?,15?,20-/m1/s1. The third kappa shape index (κ3) is 3.74. The van der Waals surface area contributed by atoms with Crippen LogP contribution in [0.4, 0.5) is 23.8 Å². The first kappa shape index (κ1) is 20.9. The third-order valence-electron chi connectivity index (χ3n) is 6.47. The Kier molecular flexibility index (Phi) is 4.78. The van der Waals surface area contributed by atoms with Gasteiger partial charge in [-0.1, -0.05) is 0 Å². The van der Waals surface area contributed by atoms with E-state index < -0.39 is 17.3 Å². The molecule has 1 saturated carbocycles. The predicted octanol–water partition coefficient (Wildman–Crippen LogP) is 4.24. The molecule has 164 valence electrons. The van der Waals surface area contributed by atoms with E-state index in [4.69, 9.17) is 4.74 Å². The van der Waals surface area contributed by atoms with Gasteiger partial charge in [-0.05, 0) is 58.1 Å². The van der Waals surface area contributed by atoms with Gasteiger partial charge in [-0.25, -0.2) is 9.78 Å². The average molecular weight is 425 g/mol. The van der Waals surface area contributed by atoms with Crippen molar-refractivity contribution in [2.24, 2.45) is 11.3 Å². The second-order valence-electron chi connectivity index (χ2n) is 9.69. The normalized spacial score (nSPS) is 29.1. The molecule has 30 heavy (non-hydrogen) atoms. The number of ether oxygens (including phenoxy) is 1. The van der Waals surface area contributed by atoms with Gasteiger partial charge in [-0.2, -0.15) is 13.2 Å². The highest BCUT2D eigenvalue weighted by atomic mass is 19.4. The molecule has 0 radical (unpaired) electrons. The minimum Gasteiger partial charge on any atom is -0.444 e. The quantitative estimate of drug-likeness (QED) is 0.675. The number of carbonyl (C=O) groups excluding carboxylic acids is 2. The zero-order valence-corrected chi connectivity index (χ0v) is 17.3. The lowest BCUT2D eigenvalue weighted by Crippen LogP contribution is -2.60. The zero-order valence-electron chi connectivity index (χ0n) is 17.3. The van der Waals surface area contributed by atoms with E-state index in [9.17, 15) is 22.8 Å². The number of pyridine rings is 1. The van der Waals surface area contributed by atoms with E-state index in [0.717, 1.165) is 25.1 Å². The Morgan fingerprint density at radius 1 is 1.23 bits per heavy atom. The van der Waals surface area contributed by atoms with E-state index in [2.05, 4.69) is 4.98 Å². The van der Waals surface area contributed by atoms with Crippen LogP contribution in [-0.2, 0) is 15.7 Å². The largest absolute Gasteiger partial charge is 0.444 e. The maximum absolute atomic E-state index is 12.8. The first-order valence-electron chi connectivity index (χ1n) is 10.2. The van der Waals surface area contributed by atoms with Crippen molar-refractivity contribution < 1.29 is 27.5 Å². The summed E-state index contributed by atoms with van der Waals surface area (Å²) >= 11 is 0. The summed E-state index contributed by atoms with van der Waals surface area (Å²) < 4.78 is 43.9. The van der Waals surface area contributed by atoms with Gasteiger partial charge >= 0.3 is 12.3 Å². The number of rotatable bonds is 1. The Labute approximate surface area is 173 Å². The Balaban J connectivity index is 1.50. The van der Waals surface area contributed by atoms with Crippen LogP contribution in [-0.4, -0.2) is 46.6 Å². The van der Waals surface area contributed by atoms with Gasteiger partial charge in [0.15, 0.2) is 0 Å². The van der Waals surface area contributed by atoms with Crippen LogP contribution in [0, 0.1) is 11.3 Å². The van der Waals surface area contributed by atoms with E-state index in [-0.39, 0.29) is 35.2 Å². The molecule has 2 amide bonds. The molecule has 5 rings (SSSR count). The van der Waals surface area contributed by atoms with Crippen molar-refractivity contribution >= 4 is 17.8 Å². The average Bonchev–Trinajstić information content (AvgIpc) is 2.96. The summed E-state index contributed by atoms with van der Waals surface area (Å²) in [5.41, 5.74) is -1.68. The van der Waals surface area contributed by atoms with Crippen molar-refractivity contribution in [3.05, 3.63) is 23.9 Å². The number of anilines is 1. The van der Waals surface area contributed by atoms with Crippen LogP contribution in [0.2, 0.25) is 0 Å². The monoisotopic (exact) mass is 425 g/mol. The van der Waals surface area contributed by atoms with Crippen LogP contribution >= 0.6 is 0 Å². The highest BCUT2D eigenvalue weighted by Gasteiger charge is 2.57. The number of alkyl halides is 3. The Hall–Kier alpha value is -2.32. The SMILES string of the molecule is CC(C)(C)OC(=O)N1CC2CCC1C[C@]21CC(=O)N(c2ccc(C(F)(F)F)cn2)C1. The smallest absolute Gasteiger partial charge is 0.417 e. The zero-order chi connectivity index (χ0) is 21.9. The molecule has 1 aliphatic carbocycles. The number of amides is 2. The van der Waals surface area contributed by atoms with E-state index in [1.807, 2.05) is 20.8 Å². The van der Waals surface area contributed by atoms with Gasteiger partial charge in [0.1, 0.15) is 11.4 Å². The van der Waals surface area contributed by atoms with Crippen LogP contribution in [0.25, 0.3) is 0 Å². The van der Waals surface area contributed by atoms with Gasteiger partial charge in [0, 0.05) is 37.2 Å². The lowest BCUT2D eigenvalue weighted by Gasteiger charge is -2.54. The fourth-order valence-electron chi connectivity index (χ4n) is 5.11. The highest BCUT2D eigenvalue weighted by molar-refractivity contribution is 5.95. The number of carbonyl (C=O) groups is 2. The summed E-state index contributed by atoms with van der Waals surface area (Å²) in [6.07, 6.45) is -1.19. The lowest BCUT2D eigenvalue weighted by atomic mass is 9.61. The van der Waals surface area contributed by atoms with Crippen molar-refractivity contribution in [3.63, 3.8) is 0 Å². The summed E-state index contributed by atoms with van der Waals surface area (Å²) in [5.74, 6) is 0.271. The van der Waals surface area contributed by atoms with Crippen LogP contribution in [0.1, 0.15) is 52.0 Å². The van der Waals surface area contributed by atoms with Crippen molar-refractivity contribution in [1.29, 1.82) is 0 Å². The summed E-state index contributed by atoms with van der Waals surface area (Å²) in [5, 5.41) is 0. The van der Waals surface area contributed by atoms with Gasteiger partial charge in [-0.15, -0.1) is 0 Å². The third-order valence-corrected chi connectivity index (χ3v) is 6.47. The number of hydrogen-bond acceptors (Lipinski definition) is 4. The highest BCUT2D eigenvalue weighted by Crippen LogP contribution is 2.53. The summed E-state index contributed by atoms with van der Waals surface area (Å²) in [7, 11) is 0. The molecule has 4 fully saturated rings. The molecule has 1 aromatic heterocycles. The van der Waals surface area contributed by atoms with Crippen LogP contribution in [0.5, 0.6) is 0 Å². The second kappa shape index (κ2) is 6.85. The summed E-state index contributed by atoms with van der Waals surface area (Å²) in [4.78, 5) is 32.5. The predicted molar refractivity (Wildman–Crippen MR) is 103 cm³/mol. The molecule has 9 heteroatoms. The molecule has 3 atom stereocenters. The topological polar surface area (TPSA) is 62.7 Å². The first-order chi connectivity index (χ1) is 13.9. The Morgan fingerprint density at radius 3 is 2.50 bits per heavy atom. The molecule has 0 aromatic carbocycles. The molecule has 0 N–H and O–H groups in total. The lowest BCUT2D eigenvalue weighted by molar-refractivity contribution is -0.137. The molecule has 2 bridgehead atoms. The molecule has 1 aromatic rings. The van der Waals surface area contributed by atoms with Crippen molar-refractivity contribution in [1.82, 2.24) is 9.88 Å². The van der Waals surface area contributed by atoms with Crippen LogP contribution < -0.4 is 4.90 Å². The minimum atomic E-state index is -4.46. The molecular formula is C21H26F3N3O3. The summed E-state index contributed by atoms with van der Waals surface area (Å²) in [6.45, 7) is 6.46. The first-order valence-corrected chi connectivity index (χ1v) is 10.2. The van der Waals surface area contributed by atoms with Gasteiger partial charge in [0.2, 0.25) is 5.91 Å². The van der Waals surface area contributed by atoms with Crippen molar-refractivity contribution in [3.8, 4) is 0 Å². The number of nitrogens with zero attached hydrogens (tertiary/aromatic N) is 3. The van der Waals surface area contributed by atoms with Crippen molar-refractivity contribution in [2.75, 3.05) is 18.0 Å². The second-order valence-corrected chi connectivity index (χ2v) is 9.69. The van der Waals surface area contributed by atoms with E-state index in [0.29, 0.717) is 25.9 Å². The molecule has 3 aliphatic heterocycles. The number of fused-ring (bicyclic) bond motifs is 2. The van der Waals surface area contributed by atoms with Gasteiger partial charge in [-0.3, -0.25) is 9.69 Å². The maximum Gasteiger partial charge on any atom is 0.417 e. The minimum absolute atomic E-state index is 0.0122. The van der Waals surface area contributed by atoms with Gasteiger partial charge in [0.25, 0.3) is 0 Å². The fraction of sp³-hybridized carbons (Fsp3) is 0.667. The Bertz CT molecular complexity index is 850. The number of hydrogen-bond donors (Lipinski definition) is 0. The number of aromatic nitrogens is 1. The van der Waals surface area contributed by atoms with E-state index in [1.54, 1.807) is 4.90 Å². The molecule has 2 unspecified atom stereocenters. The van der Waals surface area contributed by atoms with Crippen LogP contribution in [0.15, 0.2) is 18.3 Å². The fourth-order valence-corrected chi connectivity index (χ4v) is 5.11. The summed E-state index contributed by atoms with van der Waals surface area (Å²) in [6, 6.07) is 2.23. The van der Waals surface area contributed by atoms with Crippen molar-refractivity contribution in [2.45, 2.75) is 64.3 Å². The number of piperidine rings is 2. The molecular weight excluding hydrogens is 399 g/mol. The number of halogens is 3. The van der Waals surface area contributed by atoms with Crippen LogP contribution in [0.3, 0.4) is 0 Å².